The van der Waals surface area contributed by atoms with Gasteiger partial charge in [0.05, 0.1) is 13.2 Å². The molecule has 1 fully saturated rings. The van der Waals surface area contributed by atoms with E-state index in [2.05, 4.69) is 10.3 Å². The van der Waals surface area contributed by atoms with Gasteiger partial charge in [-0.3, -0.25) is 0 Å². The van der Waals surface area contributed by atoms with E-state index in [1.165, 1.54) is 6.07 Å². The maximum Gasteiger partial charge on any atom is 0.193 e. The van der Waals surface area contributed by atoms with Gasteiger partial charge in [-0.1, -0.05) is 0 Å². The van der Waals surface area contributed by atoms with Crippen molar-refractivity contribution in [2.45, 2.75) is 19.9 Å². The number of ether oxygens (including phenoxy) is 1. The molecule has 0 amide bonds. The molecule has 0 spiro atoms. The van der Waals surface area contributed by atoms with Crippen molar-refractivity contribution >= 4 is 29.9 Å². The van der Waals surface area contributed by atoms with Crippen LogP contribution >= 0.6 is 24.0 Å². The first kappa shape index (κ1) is 20.1. The van der Waals surface area contributed by atoms with Gasteiger partial charge in [0, 0.05) is 38.2 Å². The topological polar surface area (TPSA) is 36.9 Å². The first-order chi connectivity index (χ1) is 10.6. The van der Waals surface area contributed by atoms with Crippen molar-refractivity contribution in [3.63, 3.8) is 0 Å². The Morgan fingerprint density at radius 1 is 1.43 bits per heavy atom. The van der Waals surface area contributed by atoms with Gasteiger partial charge in [0.2, 0.25) is 0 Å². The van der Waals surface area contributed by atoms with Crippen LogP contribution in [0.3, 0.4) is 0 Å². The first-order valence-corrected chi connectivity index (χ1v) is 7.61. The Labute approximate surface area is 153 Å². The van der Waals surface area contributed by atoms with Crippen LogP contribution in [0.15, 0.2) is 23.2 Å². The second-order valence-electron chi connectivity index (χ2n) is 5.52. The fraction of sp³-hybridized carbons (Fsp3) is 0.562. The second kappa shape index (κ2) is 10.0. The number of aliphatic imine (C=N–C) groups is 1. The van der Waals surface area contributed by atoms with Crippen LogP contribution in [0.1, 0.15) is 18.9 Å². The lowest BCUT2D eigenvalue weighted by atomic mass is 10.1. The van der Waals surface area contributed by atoms with Gasteiger partial charge >= 0.3 is 0 Å². The monoisotopic (exact) mass is 439 g/mol. The van der Waals surface area contributed by atoms with Gasteiger partial charge in [0.25, 0.3) is 0 Å². The van der Waals surface area contributed by atoms with Gasteiger partial charge in [-0.25, -0.2) is 13.8 Å². The quantitative estimate of drug-likeness (QED) is 0.436. The third-order valence-corrected chi connectivity index (χ3v) is 3.66. The number of rotatable bonds is 5. The highest BCUT2D eigenvalue weighted by Gasteiger charge is 2.19. The average molecular weight is 439 g/mol. The zero-order valence-corrected chi connectivity index (χ0v) is 15.8. The molecule has 23 heavy (non-hydrogen) atoms. The number of hydrogen-bond acceptors (Lipinski definition) is 2. The molecule has 1 aromatic carbocycles. The molecule has 4 nitrogen and oxygen atoms in total. The molecule has 1 heterocycles. The molecule has 0 aromatic heterocycles. The molecule has 1 aliphatic rings. The van der Waals surface area contributed by atoms with Crippen molar-refractivity contribution in [3.8, 4) is 0 Å². The van der Waals surface area contributed by atoms with Gasteiger partial charge in [-0.15, -0.1) is 24.0 Å². The molecule has 1 N–H and O–H groups in total. The van der Waals surface area contributed by atoms with Crippen molar-refractivity contribution < 1.29 is 13.5 Å². The molecule has 0 saturated carbocycles. The van der Waals surface area contributed by atoms with Crippen molar-refractivity contribution in [1.82, 2.24) is 10.2 Å². The van der Waals surface area contributed by atoms with E-state index in [0.717, 1.165) is 44.9 Å². The molecule has 7 heteroatoms. The van der Waals surface area contributed by atoms with Gasteiger partial charge in [-0.2, -0.15) is 0 Å². The maximum absolute atomic E-state index is 13.6. The number of hydrogen-bond donors (Lipinski definition) is 1. The summed E-state index contributed by atoms with van der Waals surface area (Å²) >= 11 is 0. The van der Waals surface area contributed by atoms with Crippen LogP contribution < -0.4 is 5.32 Å². The van der Waals surface area contributed by atoms with E-state index < -0.39 is 11.6 Å². The van der Waals surface area contributed by atoms with Crippen LogP contribution in [-0.4, -0.2) is 44.2 Å². The summed E-state index contributed by atoms with van der Waals surface area (Å²) in [5.41, 5.74) is 0.257. The smallest absolute Gasteiger partial charge is 0.193 e. The van der Waals surface area contributed by atoms with E-state index in [4.69, 9.17) is 4.74 Å². The predicted molar refractivity (Wildman–Crippen MR) is 98.1 cm³/mol. The summed E-state index contributed by atoms with van der Waals surface area (Å²) in [6, 6.07) is 3.43. The van der Waals surface area contributed by atoms with Crippen molar-refractivity contribution in [2.75, 3.05) is 33.4 Å². The summed E-state index contributed by atoms with van der Waals surface area (Å²) in [5, 5.41) is 3.18. The van der Waals surface area contributed by atoms with Gasteiger partial charge < -0.3 is 15.0 Å². The van der Waals surface area contributed by atoms with Crippen molar-refractivity contribution in [1.29, 1.82) is 0 Å². The van der Waals surface area contributed by atoms with E-state index in [0.29, 0.717) is 11.9 Å². The summed E-state index contributed by atoms with van der Waals surface area (Å²) in [6.45, 7) is 5.21. The lowest BCUT2D eigenvalue weighted by Crippen LogP contribution is -2.41. The Morgan fingerprint density at radius 2 is 2.22 bits per heavy atom. The van der Waals surface area contributed by atoms with Gasteiger partial charge in [0.15, 0.2) is 5.96 Å². The highest BCUT2D eigenvalue weighted by atomic mass is 127. The van der Waals surface area contributed by atoms with Gasteiger partial charge in [0.1, 0.15) is 11.6 Å². The third kappa shape index (κ3) is 6.21. The number of halogens is 3. The van der Waals surface area contributed by atoms with Crippen LogP contribution in [0, 0.1) is 17.6 Å². The maximum atomic E-state index is 13.6. The van der Waals surface area contributed by atoms with E-state index in [9.17, 15) is 8.78 Å². The Balaban J connectivity index is 0.00000264. The van der Waals surface area contributed by atoms with E-state index in [-0.39, 0.29) is 36.1 Å². The molecule has 130 valence electrons. The van der Waals surface area contributed by atoms with E-state index in [1.54, 1.807) is 0 Å². The van der Waals surface area contributed by atoms with E-state index in [1.807, 2.05) is 18.9 Å². The molecule has 1 atom stereocenters. The Kier molecular flexibility index (Phi) is 8.75. The minimum atomic E-state index is -0.451. The molecular weight excluding hydrogens is 415 g/mol. The predicted octanol–water partition coefficient (Wildman–Crippen LogP) is 3.02. The Bertz CT molecular complexity index is 522. The SMILES string of the molecule is CCNC(=NCc1cc(F)ccc1F)N(C)CC1CCOC1.I. The van der Waals surface area contributed by atoms with Crippen LogP contribution in [0.4, 0.5) is 8.78 Å². The lowest BCUT2D eigenvalue weighted by molar-refractivity contribution is 0.181. The normalized spacial score (nSPS) is 17.7. The molecule has 1 unspecified atom stereocenters. The zero-order valence-electron chi connectivity index (χ0n) is 13.5. The van der Waals surface area contributed by atoms with Crippen LogP contribution in [0.5, 0.6) is 0 Å². The fourth-order valence-corrected chi connectivity index (χ4v) is 2.50. The Morgan fingerprint density at radius 3 is 2.87 bits per heavy atom. The van der Waals surface area contributed by atoms with E-state index >= 15 is 0 Å². The van der Waals surface area contributed by atoms with Crippen LogP contribution in [-0.2, 0) is 11.3 Å². The largest absolute Gasteiger partial charge is 0.381 e. The number of guanidine groups is 1. The summed E-state index contributed by atoms with van der Waals surface area (Å²) in [6.07, 6.45) is 1.04. The molecule has 1 saturated heterocycles. The third-order valence-electron chi connectivity index (χ3n) is 3.66. The van der Waals surface area contributed by atoms with Crippen LogP contribution in [0.2, 0.25) is 0 Å². The molecule has 0 bridgehead atoms. The zero-order chi connectivity index (χ0) is 15.9. The molecule has 2 rings (SSSR count). The van der Waals surface area contributed by atoms with Crippen molar-refractivity contribution in [3.05, 3.63) is 35.4 Å². The highest BCUT2D eigenvalue weighted by molar-refractivity contribution is 14.0. The molecule has 1 aromatic rings. The lowest BCUT2D eigenvalue weighted by Gasteiger charge is -2.24. The molecule has 1 aliphatic heterocycles. The fourth-order valence-electron chi connectivity index (χ4n) is 2.50. The standard InChI is InChI=1S/C16H23F2N3O.HI/c1-3-19-16(21(2)10-12-6-7-22-11-12)20-9-13-8-14(17)4-5-15(13)18;/h4-5,8,12H,3,6-7,9-11H2,1-2H3,(H,19,20);1H. The summed E-state index contributed by atoms with van der Waals surface area (Å²) in [4.78, 5) is 6.43. The van der Waals surface area contributed by atoms with Crippen molar-refractivity contribution in [2.24, 2.45) is 10.9 Å². The van der Waals surface area contributed by atoms with Gasteiger partial charge in [-0.05, 0) is 31.5 Å². The Hall–Kier alpha value is -0.960. The summed E-state index contributed by atoms with van der Waals surface area (Å²) in [7, 11) is 1.95. The number of benzene rings is 1. The second-order valence-corrected chi connectivity index (χ2v) is 5.52. The first-order valence-electron chi connectivity index (χ1n) is 7.61. The van der Waals surface area contributed by atoms with Crippen LogP contribution in [0.25, 0.3) is 0 Å². The molecular formula is C16H24F2IN3O. The number of nitrogens with one attached hydrogen (secondary N) is 1. The molecule has 0 aliphatic carbocycles. The summed E-state index contributed by atoms with van der Waals surface area (Å²) < 4.78 is 32.2. The minimum absolute atomic E-state index is 0. The summed E-state index contributed by atoms with van der Waals surface area (Å²) in [5.74, 6) is 0.290. The minimum Gasteiger partial charge on any atom is -0.381 e. The molecule has 0 radical (unpaired) electrons. The average Bonchev–Trinajstić information content (AvgIpc) is 2.99. The number of nitrogens with zero attached hydrogens (tertiary/aromatic N) is 2. The highest BCUT2D eigenvalue weighted by Crippen LogP contribution is 2.14.